The van der Waals surface area contributed by atoms with Crippen molar-refractivity contribution in [2.24, 2.45) is 7.05 Å². The minimum atomic E-state index is -0.277. The molecule has 26 heavy (non-hydrogen) atoms. The fraction of sp³-hybridized carbons (Fsp3) is 0.368. The van der Waals surface area contributed by atoms with Crippen molar-refractivity contribution in [3.05, 3.63) is 59.5 Å². The molecule has 3 heterocycles. The molecule has 6 nitrogen and oxygen atoms in total. The van der Waals surface area contributed by atoms with Crippen LogP contribution < -0.4 is 5.32 Å². The molecule has 4 rings (SSSR count). The third kappa shape index (κ3) is 3.27. The van der Waals surface area contributed by atoms with Gasteiger partial charge in [-0.25, -0.2) is 9.37 Å². The zero-order valence-electron chi connectivity index (χ0n) is 14.8. The maximum absolute atomic E-state index is 14.4. The highest BCUT2D eigenvalue weighted by Gasteiger charge is 2.31. The molecule has 1 aromatic carbocycles. The molecular formula is C19H21FN4O2. The van der Waals surface area contributed by atoms with E-state index in [-0.39, 0.29) is 18.0 Å². The Hall–Kier alpha value is -2.51. The van der Waals surface area contributed by atoms with E-state index < -0.39 is 0 Å². The van der Waals surface area contributed by atoms with Crippen LogP contribution in [0.3, 0.4) is 0 Å². The van der Waals surface area contributed by atoms with Crippen LogP contribution in [0.4, 0.5) is 4.39 Å². The second-order valence-corrected chi connectivity index (χ2v) is 6.55. The van der Waals surface area contributed by atoms with Crippen molar-refractivity contribution in [3.63, 3.8) is 0 Å². The second kappa shape index (κ2) is 7.01. The predicted molar refractivity (Wildman–Crippen MR) is 93.8 cm³/mol. The van der Waals surface area contributed by atoms with E-state index in [1.54, 1.807) is 16.9 Å². The molecule has 0 aliphatic carbocycles. The van der Waals surface area contributed by atoms with Gasteiger partial charge in [-0.3, -0.25) is 4.68 Å². The van der Waals surface area contributed by atoms with Crippen molar-refractivity contribution in [1.82, 2.24) is 20.1 Å². The number of nitrogens with one attached hydrogen (secondary N) is 1. The zero-order chi connectivity index (χ0) is 18.1. The van der Waals surface area contributed by atoms with E-state index >= 15 is 0 Å². The summed E-state index contributed by atoms with van der Waals surface area (Å²) in [5.41, 5.74) is 3.29. The van der Waals surface area contributed by atoms with Gasteiger partial charge in [0.15, 0.2) is 0 Å². The van der Waals surface area contributed by atoms with E-state index in [4.69, 9.17) is 9.15 Å². The summed E-state index contributed by atoms with van der Waals surface area (Å²) in [5, 5.41) is 7.83. The SMILES string of the molecule is Cc1nn(C)cc1[C@H]1OCC[C@@H]1NCc1ccc(-c2ncco2)cc1F. The number of oxazole rings is 1. The van der Waals surface area contributed by atoms with E-state index in [0.717, 1.165) is 17.7 Å². The molecule has 2 aromatic heterocycles. The van der Waals surface area contributed by atoms with Crippen LogP contribution in [0, 0.1) is 12.7 Å². The number of rotatable bonds is 5. The van der Waals surface area contributed by atoms with Gasteiger partial charge in [0.05, 0.1) is 11.9 Å². The maximum atomic E-state index is 14.4. The molecule has 3 aromatic rings. The number of aryl methyl sites for hydroxylation is 2. The van der Waals surface area contributed by atoms with E-state index in [2.05, 4.69) is 15.4 Å². The van der Waals surface area contributed by atoms with Gasteiger partial charge in [-0.05, 0) is 25.5 Å². The van der Waals surface area contributed by atoms with E-state index in [0.29, 0.717) is 30.2 Å². The Balaban J connectivity index is 1.46. The quantitative estimate of drug-likeness (QED) is 0.761. The number of aromatic nitrogens is 3. The summed E-state index contributed by atoms with van der Waals surface area (Å²) in [7, 11) is 1.90. The Morgan fingerprint density at radius 3 is 2.96 bits per heavy atom. The third-order valence-corrected chi connectivity index (χ3v) is 4.74. The first-order valence-electron chi connectivity index (χ1n) is 8.65. The third-order valence-electron chi connectivity index (χ3n) is 4.74. The Morgan fingerprint density at radius 1 is 1.38 bits per heavy atom. The van der Waals surface area contributed by atoms with Crippen molar-refractivity contribution in [2.45, 2.75) is 32.0 Å². The lowest BCUT2D eigenvalue weighted by Gasteiger charge is -2.20. The molecule has 0 radical (unpaired) electrons. The average Bonchev–Trinajstić information content (AvgIpc) is 3.34. The number of ether oxygens (including phenoxy) is 1. The molecule has 0 amide bonds. The lowest BCUT2D eigenvalue weighted by atomic mass is 10.0. The van der Waals surface area contributed by atoms with Crippen LogP contribution in [0.2, 0.25) is 0 Å². The van der Waals surface area contributed by atoms with Crippen molar-refractivity contribution >= 4 is 0 Å². The molecule has 1 aliphatic heterocycles. The molecule has 0 saturated carbocycles. The van der Waals surface area contributed by atoms with Crippen LogP contribution in [-0.4, -0.2) is 27.4 Å². The highest BCUT2D eigenvalue weighted by molar-refractivity contribution is 5.53. The second-order valence-electron chi connectivity index (χ2n) is 6.55. The van der Waals surface area contributed by atoms with Crippen LogP contribution in [0.1, 0.15) is 29.3 Å². The molecule has 1 N–H and O–H groups in total. The average molecular weight is 356 g/mol. The maximum Gasteiger partial charge on any atom is 0.225 e. The lowest BCUT2D eigenvalue weighted by molar-refractivity contribution is 0.0979. The van der Waals surface area contributed by atoms with Crippen LogP contribution in [0.5, 0.6) is 0 Å². The largest absolute Gasteiger partial charge is 0.445 e. The number of benzene rings is 1. The Kier molecular flexibility index (Phi) is 4.57. The minimum Gasteiger partial charge on any atom is -0.445 e. The molecular weight excluding hydrogens is 335 g/mol. The fourth-order valence-electron chi connectivity index (χ4n) is 3.43. The van der Waals surface area contributed by atoms with Gasteiger partial charge in [-0.2, -0.15) is 5.10 Å². The van der Waals surface area contributed by atoms with Gasteiger partial charge in [0.2, 0.25) is 5.89 Å². The minimum absolute atomic E-state index is 0.0571. The first kappa shape index (κ1) is 16.9. The van der Waals surface area contributed by atoms with E-state index in [1.807, 2.05) is 26.2 Å². The fourth-order valence-corrected chi connectivity index (χ4v) is 3.43. The Labute approximate surface area is 151 Å². The van der Waals surface area contributed by atoms with Gasteiger partial charge in [0.1, 0.15) is 18.2 Å². The summed E-state index contributed by atoms with van der Waals surface area (Å²) < 4.78 is 27.4. The van der Waals surface area contributed by atoms with E-state index in [9.17, 15) is 4.39 Å². The van der Waals surface area contributed by atoms with Crippen molar-refractivity contribution in [3.8, 4) is 11.5 Å². The summed E-state index contributed by atoms with van der Waals surface area (Å²) in [6.07, 6.45) is 5.84. The first-order valence-corrected chi connectivity index (χ1v) is 8.65. The summed E-state index contributed by atoms with van der Waals surface area (Å²) in [4.78, 5) is 4.05. The van der Waals surface area contributed by atoms with Crippen LogP contribution >= 0.6 is 0 Å². The van der Waals surface area contributed by atoms with Gasteiger partial charge in [-0.1, -0.05) is 6.07 Å². The Bertz CT molecular complexity index is 891. The summed E-state index contributed by atoms with van der Waals surface area (Å²) in [6, 6.07) is 5.17. The zero-order valence-corrected chi connectivity index (χ0v) is 14.8. The van der Waals surface area contributed by atoms with Crippen molar-refractivity contribution < 1.29 is 13.5 Å². The van der Waals surface area contributed by atoms with Crippen LogP contribution in [-0.2, 0) is 18.3 Å². The molecule has 1 aliphatic rings. The standard InChI is InChI=1S/C19H21FN4O2/c1-12-15(11-24(2)23-12)18-17(5-7-25-18)22-10-14-4-3-13(9-16(14)20)19-21-6-8-26-19/h3-4,6,8-9,11,17-18,22H,5,7,10H2,1-2H3/t17-,18+/m0/s1. The number of halogens is 1. The molecule has 0 bridgehead atoms. The van der Waals surface area contributed by atoms with Gasteiger partial charge in [-0.15, -0.1) is 0 Å². The van der Waals surface area contributed by atoms with E-state index in [1.165, 1.54) is 12.3 Å². The number of hydrogen-bond donors (Lipinski definition) is 1. The molecule has 1 fully saturated rings. The number of hydrogen-bond acceptors (Lipinski definition) is 5. The van der Waals surface area contributed by atoms with Crippen molar-refractivity contribution in [1.29, 1.82) is 0 Å². The highest BCUT2D eigenvalue weighted by atomic mass is 19.1. The normalized spacial score (nSPS) is 20.0. The van der Waals surface area contributed by atoms with Gasteiger partial charge < -0.3 is 14.5 Å². The summed E-state index contributed by atoms with van der Waals surface area (Å²) in [5.74, 6) is 0.140. The van der Waals surface area contributed by atoms with Crippen molar-refractivity contribution in [2.75, 3.05) is 6.61 Å². The molecule has 1 saturated heterocycles. The lowest BCUT2D eigenvalue weighted by Crippen LogP contribution is -2.31. The number of nitrogens with zero attached hydrogens (tertiary/aromatic N) is 3. The molecule has 0 unspecified atom stereocenters. The van der Waals surface area contributed by atoms with Crippen LogP contribution in [0.15, 0.2) is 41.3 Å². The van der Waals surface area contributed by atoms with Gasteiger partial charge in [0, 0.05) is 49.1 Å². The molecule has 7 heteroatoms. The highest BCUT2D eigenvalue weighted by Crippen LogP contribution is 2.31. The van der Waals surface area contributed by atoms with Crippen LogP contribution in [0.25, 0.3) is 11.5 Å². The first-order chi connectivity index (χ1) is 12.6. The monoisotopic (exact) mass is 356 g/mol. The molecule has 0 spiro atoms. The van der Waals surface area contributed by atoms with Gasteiger partial charge in [0.25, 0.3) is 0 Å². The smallest absolute Gasteiger partial charge is 0.225 e. The summed E-state index contributed by atoms with van der Waals surface area (Å²) >= 11 is 0. The Morgan fingerprint density at radius 2 is 2.27 bits per heavy atom. The molecule has 136 valence electrons. The predicted octanol–water partition coefficient (Wildman–Crippen LogP) is 3.14. The van der Waals surface area contributed by atoms with Gasteiger partial charge >= 0.3 is 0 Å². The topological polar surface area (TPSA) is 65.1 Å². The molecule has 2 atom stereocenters. The summed E-state index contributed by atoms with van der Waals surface area (Å²) in [6.45, 7) is 3.10.